The minimum atomic E-state index is -1.04. The lowest BCUT2D eigenvalue weighted by atomic mass is 9.95. The summed E-state index contributed by atoms with van der Waals surface area (Å²) in [6, 6.07) is 8.08. The minimum Gasteiger partial charge on any atom is -0.508 e. The Morgan fingerprint density at radius 1 is 1.16 bits per heavy atom. The first-order valence-electron chi connectivity index (χ1n) is 9.28. The first kappa shape index (κ1) is 20.4. The quantitative estimate of drug-likeness (QED) is 0.279. The van der Waals surface area contributed by atoms with Crippen LogP contribution in [-0.4, -0.2) is 37.7 Å². The van der Waals surface area contributed by atoms with Gasteiger partial charge < -0.3 is 10.2 Å². The number of aliphatic hydroxyl groups is 1. The summed E-state index contributed by atoms with van der Waals surface area (Å²) < 4.78 is 0. The molecule has 1 saturated heterocycles. The van der Waals surface area contributed by atoms with E-state index in [1.165, 1.54) is 43.6 Å². The normalized spacial score (nSPS) is 17.9. The molecule has 1 amide bonds. The number of aromatic nitrogens is 2. The third-order valence-electron chi connectivity index (χ3n) is 4.90. The number of ketones is 2. The van der Waals surface area contributed by atoms with Gasteiger partial charge in [0.2, 0.25) is 0 Å². The van der Waals surface area contributed by atoms with E-state index in [1.807, 2.05) is 0 Å². The van der Waals surface area contributed by atoms with Crippen LogP contribution in [0.4, 0.5) is 5.13 Å². The number of hydrogen-bond acceptors (Lipinski definition) is 8. The van der Waals surface area contributed by atoms with Crippen LogP contribution in [0.1, 0.15) is 39.5 Å². The smallest absolute Gasteiger partial charge is 0.301 e. The molecule has 1 aliphatic heterocycles. The van der Waals surface area contributed by atoms with Gasteiger partial charge in [0.15, 0.2) is 10.9 Å². The van der Waals surface area contributed by atoms with Crippen LogP contribution >= 0.6 is 11.3 Å². The van der Waals surface area contributed by atoms with Crippen molar-refractivity contribution < 1.29 is 24.6 Å². The highest BCUT2D eigenvalue weighted by atomic mass is 32.1. The Hall–Kier alpha value is -3.85. The third kappa shape index (κ3) is 3.49. The molecule has 0 spiro atoms. The van der Waals surface area contributed by atoms with Crippen LogP contribution in [0.25, 0.3) is 5.76 Å². The number of pyridine rings is 1. The molecule has 1 aliphatic rings. The average molecular weight is 435 g/mol. The zero-order valence-corrected chi connectivity index (χ0v) is 17.4. The second kappa shape index (κ2) is 7.77. The first-order valence-corrected chi connectivity index (χ1v) is 10.1. The summed E-state index contributed by atoms with van der Waals surface area (Å²) in [5, 5.41) is 21.1. The third-order valence-corrected chi connectivity index (χ3v) is 6.15. The van der Waals surface area contributed by atoms with E-state index in [1.54, 1.807) is 19.1 Å². The summed E-state index contributed by atoms with van der Waals surface area (Å²) >= 11 is 0.998. The second-order valence-corrected chi connectivity index (χ2v) is 7.94. The molecule has 8 nitrogen and oxygen atoms in total. The van der Waals surface area contributed by atoms with Crippen molar-refractivity contribution in [1.29, 1.82) is 0 Å². The predicted molar refractivity (Wildman–Crippen MR) is 114 cm³/mol. The number of aliphatic hydroxyl groups excluding tert-OH is 1. The number of aromatic hydroxyl groups is 1. The number of nitrogens with zero attached hydrogens (tertiary/aromatic N) is 3. The summed E-state index contributed by atoms with van der Waals surface area (Å²) in [5.41, 5.74) is 1.03. The largest absolute Gasteiger partial charge is 0.508 e. The van der Waals surface area contributed by atoms with Crippen molar-refractivity contribution in [3.8, 4) is 5.75 Å². The fraction of sp³-hybridized carbons (Fsp3) is 0.136. The Morgan fingerprint density at radius 3 is 2.48 bits per heavy atom. The zero-order valence-electron chi connectivity index (χ0n) is 16.6. The fourth-order valence-electron chi connectivity index (χ4n) is 3.52. The van der Waals surface area contributed by atoms with Gasteiger partial charge in [0.1, 0.15) is 11.5 Å². The number of Topliss-reactive ketones (excluding diaryl/α,β-unsaturated/α-hetero) is 2. The van der Waals surface area contributed by atoms with Crippen molar-refractivity contribution in [3.05, 3.63) is 76.1 Å². The lowest BCUT2D eigenvalue weighted by Gasteiger charge is -2.23. The fourth-order valence-corrected chi connectivity index (χ4v) is 4.51. The van der Waals surface area contributed by atoms with Crippen molar-refractivity contribution in [3.63, 3.8) is 0 Å². The van der Waals surface area contributed by atoms with Crippen LogP contribution in [0.2, 0.25) is 0 Å². The van der Waals surface area contributed by atoms with E-state index in [9.17, 15) is 24.6 Å². The lowest BCUT2D eigenvalue weighted by molar-refractivity contribution is -0.132. The van der Waals surface area contributed by atoms with Gasteiger partial charge in [0.05, 0.1) is 22.2 Å². The number of amides is 1. The van der Waals surface area contributed by atoms with Crippen LogP contribution in [0, 0.1) is 6.92 Å². The van der Waals surface area contributed by atoms with Gasteiger partial charge in [0.25, 0.3) is 5.78 Å². The van der Waals surface area contributed by atoms with Gasteiger partial charge in [-0.15, -0.1) is 0 Å². The van der Waals surface area contributed by atoms with Crippen LogP contribution in [0.15, 0.2) is 54.4 Å². The number of phenols is 1. The maximum Gasteiger partial charge on any atom is 0.301 e. The van der Waals surface area contributed by atoms with Gasteiger partial charge >= 0.3 is 5.91 Å². The topological polar surface area (TPSA) is 121 Å². The van der Waals surface area contributed by atoms with E-state index in [-0.39, 0.29) is 28.0 Å². The number of anilines is 1. The Labute approximate surface area is 181 Å². The number of rotatable bonds is 4. The molecular weight excluding hydrogens is 418 g/mol. The van der Waals surface area contributed by atoms with E-state index in [2.05, 4.69) is 9.97 Å². The summed E-state index contributed by atoms with van der Waals surface area (Å²) in [4.78, 5) is 47.7. The minimum absolute atomic E-state index is 0.0632. The van der Waals surface area contributed by atoms with Gasteiger partial charge in [-0.2, -0.15) is 0 Å². The number of carbonyl (C=O) groups is 3. The summed E-state index contributed by atoms with van der Waals surface area (Å²) in [6.45, 7) is 3.04. The first-order chi connectivity index (χ1) is 14.8. The highest BCUT2D eigenvalue weighted by molar-refractivity contribution is 7.18. The SMILES string of the molecule is CC(=O)c1sc(N2C(=O)C(=O)/C(=C(/O)c3ccncc3)C2c2cccc(O)c2)nc1C. The van der Waals surface area contributed by atoms with Crippen molar-refractivity contribution in [1.82, 2.24) is 9.97 Å². The Bertz CT molecular complexity index is 1250. The van der Waals surface area contributed by atoms with Crippen LogP contribution < -0.4 is 4.90 Å². The number of aryl methyl sites for hydroxylation is 1. The van der Waals surface area contributed by atoms with Crippen molar-refractivity contribution in [2.75, 3.05) is 4.90 Å². The number of thiazole rings is 1. The zero-order chi connectivity index (χ0) is 22.3. The van der Waals surface area contributed by atoms with E-state index in [0.29, 0.717) is 21.7 Å². The number of benzene rings is 1. The molecule has 31 heavy (non-hydrogen) atoms. The van der Waals surface area contributed by atoms with Crippen molar-refractivity contribution >= 4 is 39.7 Å². The number of hydrogen-bond donors (Lipinski definition) is 2. The van der Waals surface area contributed by atoms with E-state index < -0.39 is 17.7 Å². The van der Waals surface area contributed by atoms with Gasteiger partial charge in [0, 0.05) is 24.9 Å². The molecule has 0 radical (unpaired) electrons. The molecule has 3 heterocycles. The van der Waals surface area contributed by atoms with Crippen LogP contribution in [0.3, 0.4) is 0 Å². The summed E-state index contributed by atoms with van der Waals surface area (Å²) in [5.74, 6) is -2.40. The van der Waals surface area contributed by atoms with Gasteiger partial charge in [-0.1, -0.05) is 23.5 Å². The van der Waals surface area contributed by atoms with E-state index in [4.69, 9.17) is 0 Å². The Morgan fingerprint density at radius 2 is 1.87 bits per heavy atom. The highest BCUT2D eigenvalue weighted by Gasteiger charge is 2.48. The predicted octanol–water partition coefficient (Wildman–Crippen LogP) is 3.38. The molecule has 2 N–H and O–H groups in total. The molecule has 1 fully saturated rings. The molecule has 0 saturated carbocycles. The molecule has 0 bridgehead atoms. The van der Waals surface area contributed by atoms with E-state index in [0.717, 1.165) is 16.2 Å². The van der Waals surface area contributed by atoms with Gasteiger partial charge in [-0.05, 0) is 36.8 Å². The summed E-state index contributed by atoms with van der Waals surface area (Å²) in [6.07, 6.45) is 2.91. The molecule has 0 aliphatic carbocycles. The number of phenolic OH excluding ortho intramolecular Hbond substituents is 1. The van der Waals surface area contributed by atoms with Gasteiger partial charge in [-0.25, -0.2) is 4.98 Å². The standard InChI is InChI=1S/C22H17N3O5S/c1-11-20(12(2)26)31-22(24-11)25-17(14-4-3-5-15(27)10-14)16(19(29)21(25)30)18(28)13-6-8-23-9-7-13/h3-10,17,27-28H,1-2H3/b18-16+. The molecule has 156 valence electrons. The molecule has 9 heteroatoms. The Kier molecular flexibility index (Phi) is 5.12. The second-order valence-electron chi connectivity index (χ2n) is 6.97. The Balaban J connectivity index is 1.96. The van der Waals surface area contributed by atoms with Crippen LogP contribution in [0.5, 0.6) is 5.75 Å². The van der Waals surface area contributed by atoms with Crippen molar-refractivity contribution in [2.45, 2.75) is 19.9 Å². The maximum atomic E-state index is 13.0. The highest BCUT2D eigenvalue weighted by Crippen LogP contribution is 2.44. The molecular formula is C22H17N3O5S. The molecule has 1 atom stereocenters. The van der Waals surface area contributed by atoms with Crippen LogP contribution in [-0.2, 0) is 9.59 Å². The maximum absolute atomic E-state index is 13.0. The molecule has 3 aromatic rings. The average Bonchev–Trinajstić information content (AvgIpc) is 3.26. The molecule has 2 aromatic heterocycles. The van der Waals surface area contributed by atoms with Crippen molar-refractivity contribution in [2.24, 2.45) is 0 Å². The molecule has 4 rings (SSSR count). The molecule has 1 aromatic carbocycles. The monoisotopic (exact) mass is 435 g/mol. The van der Waals surface area contributed by atoms with E-state index >= 15 is 0 Å². The summed E-state index contributed by atoms with van der Waals surface area (Å²) in [7, 11) is 0. The van der Waals surface area contributed by atoms with Gasteiger partial charge in [-0.3, -0.25) is 24.3 Å². The number of carbonyl (C=O) groups excluding carboxylic acids is 3. The molecule has 1 unspecified atom stereocenters. The lowest BCUT2D eigenvalue weighted by Crippen LogP contribution is -2.29.